The molecule has 10 heteroatoms. The first-order valence-corrected chi connectivity index (χ1v) is 9.63. The van der Waals surface area contributed by atoms with Gasteiger partial charge in [0, 0.05) is 32.4 Å². The summed E-state index contributed by atoms with van der Waals surface area (Å²) in [4.78, 5) is 27.5. The summed E-state index contributed by atoms with van der Waals surface area (Å²) in [5.74, 6) is -1.40. The monoisotopic (exact) mass is 433 g/mol. The molecule has 1 N–H and O–H groups in total. The normalized spacial score (nSPS) is 17.5. The maximum atomic E-state index is 13.4. The van der Waals surface area contributed by atoms with E-state index >= 15 is 0 Å². The Morgan fingerprint density at radius 2 is 1.93 bits per heavy atom. The van der Waals surface area contributed by atoms with Crippen LogP contribution in [0.3, 0.4) is 0 Å². The van der Waals surface area contributed by atoms with E-state index in [0.29, 0.717) is 38.2 Å². The van der Waals surface area contributed by atoms with Gasteiger partial charge in [0.1, 0.15) is 11.4 Å². The lowest BCUT2D eigenvalue weighted by atomic mass is 9.98. The summed E-state index contributed by atoms with van der Waals surface area (Å²) in [5.41, 5.74) is -2.19. The number of nitrogens with zero attached hydrogens (tertiary/aromatic N) is 2. The van der Waals surface area contributed by atoms with Crippen molar-refractivity contribution in [3.63, 3.8) is 0 Å². The number of alkyl halides is 3. The molecule has 0 bridgehead atoms. The SMILES string of the molecule is CN(CC1CCCN(C(=O)Nc2ccc(F)c(C(F)(F)F)c2)C1)C(=O)OC(C)(C)C. The highest BCUT2D eigenvalue weighted by Gasteiger charge is 2.34. The van der Waals surface area contributed by atoms with Gasteiger partial charge in [0.05, 0.1) is 5.56 Å². The third-order valence-corrected chi connectivity index (χ3v) is 4.57. The highest BCUT2D eigenvalue weighted by molar-refractivity contribution is 5.89. The highest BCUT2D eigenvalue weighted by atomic mass is 19.4. The Bertz CT molecular complexity index is 778. The number of halogens is 4. The molecule has 3 amide bonds. The second kappa shape index (κ2) is 9.09. The molecule has 1 heterocycles. The number of carbonyl (C=O) groups excluding carboxylic acids is 2. The molecule has 0 aliphatic carbocycles. The molecule has 1 saturated heterocycles. The van der Waals surface area contributed by atoms with Crippen LogP contribution in [0.2, 0.25) is 0 Å². The van der Waals surface area contributed by atoms with Crippen molar-refractivity contribution in [2.45, 2.75) is 45.4 Å². The van der Waals surface area contributed by atoms with Gasteiger partial charge < -0.3 is 19.9 Å². The van der Waals surface area contributed by atoms with E-state index in [1.165, 1.54) is 9.80 Å². The summed E-state index contributed by atoms with van der Waals surface area (Å²) in [7, 11) is 1.62. The van der Waals surface area contributed by atoms with Crippen molar-refractivity contribution >= 4 is 17.8 Å². The van der Waals surface area contributed by atoms with Crippen molar-refractivity contribution in [2.75, 3.05) is 32.0 Å². The van der Waals surface area contributed by atoms with Crippen LogP contribution in [0.4, 0.5) is 32.8 Å². The number of urea groups is 1. The first kappa shape index (κ1) is 23.8. The molecular formula is C20H27F4N3O3. The third kappa shape index (κ3) is 6.77. The Kier molecular flexibility index (Phi) is 7.20. The van der Waals surface area contributed by atoms with Gasteiger partial charge in [0.15, 0.2) is 0 Å². The molecule has 0 spiro atoms. The van der Waals surface area contributed by atoms with Crippen molar-refractivity contribution < 1.29 is 31.9 Å². The molecule has 1 aromatic rings. The predicted molar refractivity (Wildman–Crippen MR) is 104 cm³/mol. The molecule has 1 fully saturated rings. The van der Waals surface area contributed by atoms with Crippen LogP contribution in [0.25, 0.3) is 0 Å². The van der Waals surface area contributed by atoms with Crippen molar-refractivity contribution in [1.29, 1.82) is 0 Å². The second-order valence-corrected chi connectivity index (χ2v) is 8.44. The first-order chi connectivity index (χ1) is 13.8. The highest BCUT2D eigenvalue weighted by Crippen LogP contribution is 2.33. The van der Waals surface area contributed by atoms with Crippen LogP contribution in [-0.4, -0.2) is 54.2 Å². The van der Waals surface area contributed by atoms with Crippen molar-refractivity contribution in [3.8, 4) is 0 Å². The zero-order valence-corrected chi connectivity index (χ0v) is 17.5. The van der Waals surface area contributed by atoms with Gasteiger partial charge in [-0.1, -0.05) is 0 Å². The van der Waals surface area contributed by atoms with Crippen LogP contribution in [0.5, 0.6) is 0 Å². The average Bonchev–Trinajstić information content (AvgIpc) is 2.61. The average molecular weight is 433 g/mol. The fourth-order valence-corrected chi connectivity index (χ4v) is 3.22. The van der Waals surface area contributed by atoms with E-state index in [1.54, 1.807) is 27.8 Å². The maximum Gasteiger partial charge on any atom is 0.419 e. The Morgan fingerprint density at radius 1 is 1.27 bits per heavy atom. The minimum Gasteiger partial charge on any atom is -0.444 e. The molecule has 0 radical (unpaired) electrons. The molecule has 2 rings (SSSR count). The van der Waals surface area contributed by atoms with E-state index in [2.05, 4.69) is 5.32 Å². The lowest BCUT2D eigenvalue weighted by Crippen LogP contribution is -2.46. The van der Waals surface area contributed by atoms with Crippen molar-refractivity contribution in [2.24, 2.45) is 5.92 Å². The Labute approximate surface area is 173 Å². The van der Waals surface area contributed by atoms with Gasteiger partial charge in [0.2, 0.25) is 0 Å². The standard InChI is InChI=1S/C20H27F4N3O3/c1-19(2,3)30-18(29)26(4)11-13-6-5-9-27(12-13)17(28)25-14-7-8-16(21)15(10-14)20(22,23)24/h7-8,10,13H,5-6,9,11-12H2,1-4H3,(H,25,28). The van der Waals surface area contributed by atoms with Crippen LogP contribution >= 0.6 is 0 Å². The number of likely N-dealkylation sites (tertiary alicyclic amines) is 1. The predicted octanol–water partition coefficient (Wildman–Crippen LogP) is 4.96. The smallest absolute Gasteiger partial charge is 0.419 e. The molecule has 1 aromatic carbocycles. The summed E-state index contributed by atoms with van der Waals surface area (Å²) < 4.78 is 57.3. The van der Waals surface area contributed by atoms with E-state index in [4.69, 9.17) is 4.74 Å². The maximum absolute atomic E-state index is 13.4. The van der Waals surface area contributed by atoms with E-state index in [9.17, 15) is 27.2 Å². The van der Waals surface area contributed by atoms with Crippen molar-refractivity contribution in [3.05, 3.63) is 29.6 Å². The van der Waals surface area contributed by atoms with Crippen molar-refractivity contribution in [1.82, 2.24) is 9.80 Å². The fraction of sp³-hybridized carbons (Fsp3) is 0.600. The van der Waals surface area contributed by atoms with Gasteiger partial charge in [-0.2, -0.15) is 13.2 Å². The Morgan fingerprint density at radius 3 is 2.53 bits per heavy atom. The van der Waals surface area contributed by atoms with E-state index in [0.717, 1.165) is 12.5 Å². The number of amides is 3. The molecule has 0 aromatic heterocycles. The van der Waals surface area contributed by atoms with Crippen LogP contribution in [0.15, 0.2) is 18.2 Å². The fourth-order valence-electron chi connectivity index (χ4n) is 3.22. The van der Waals surface area contributed by atoms with E-state index in [1.807, 2.05) is 0 Å². The van der Waals surface area contributed by atoms with Gasteiger partial charge >= 0.3 is 18.3 Å². The molecule has 0 saturated carbocycles. The molecule has 1 aliphatic heterocycles. The van der Waals surface area contributed by atoms with Gasteiger partial charge in [-0.15, -0.1) is 0 Å². The zero-order chi connectivity index (χ0) is 22.7. The minimum atomic E-state index is -4.85. The molecule has 168 valence electrons. The van der Waals surface area contributed by atoms with Crippen LogP contribution in [0, 0.1) is 11.7 Å². The quantitative estimate of drug-likeness (QED) is 0.686. The zero-order valence-electron chi connectivity index (χ0n) is 17.5. The van der Waals surface area contributed by atoms with E-state index in [-0.39, 0.29) is 11.6 Å². The molecule has 1 aliphatic rings. The summed E-state index contributed by atoms with van der Waals surface area (Å²) in [6.45, 7) is 6.47. The number of carbonyl (C=O) groups is 2. The molecule has 1 atom stereocenters. The number of rotatable bonds is 3. The van der Waals surface area contributed by atoms with Crippen LogP contribution in [0.1, 0.15) is 39.2 Å². The first-order valence-electron chi connectivity index (χ1n) is 9.63. The molecular weight excluding hydrogens is 406 g/mol. The van der Waals surface area contributed by atoms with E-state index < -0.39 is 35.3 Å². The summed E-state index contributed by atoms with van der Waals surface area (Å²) in [6.07, 6.45) is -3.83. The van der Waals surface area contributed by atoms with Crippen LogP contribution < -0.4 is 5.32 Å². The second-order valence-electron chi connectivity index (χ2n) is 8.44. The summed E-state index contributed by atoms with van der Waals surface area (Å²) in [6, 6.07) is 1.76. The number of nitrogens with one attached hydrogen (secondary N) is 1. The number of anilines is 1. The van der Waals surface area contributed by atoms with Gasteiger partial charge in [-0.05, 0) is 57.7 Å². The molecule has 6 nitrogen and oxygen atoms in total. The lowest BCUT2D eigenvalue weighted by Gasteiger charge is -2.35. The van der Waals surface area contributed by atoms with Crippen LogP contribution in [-0.2, 0) is 10.9 Å². The lowest BCUT2D eigenvalue weighted by molar-refractivity contribution is -0.139. The topological polar surface area (TPSA) is 61.9 Å². The number of ether oxygens (including phenoxy) is 1. The number of benzene rings is 1. The number of piperidine rings is 1. The summed E-state index contributed by atoms with van der Waals surface area (Å²) >= 11 is 0. The Hall–Kier alpha value is -2.52. The Balaban J connectivity index is 1.97. The van der Waals surface area contributed by atoms with Gasteiger partial charge in [0.25, 0.3) is 0 Å². The number of hydrogen-bond acceptors (Lipinski definition) is 3. The number of hydrogen-bond donors (Lipinski definition) is 1. The minimum absolute atomic E-state index is 0.000900. The van der Waals surface area contributed by atoms with Gasteiger partial charge in [-0.25, -0.2) is 14.0 Å². The largest absolute Gasteiger partial charge is 0.444 e. The molecule has 30 heavy (non-hydrogen) atoms. The molecule has 1 unspecified atom stereocenters. The third-order valence-electron chi connectivity index (χ3n) is 4.57. The summed E-state index contributed by atoms with van der Waals surface area (Å²) in [5, 5.41) is 2.39. The van der Waals surface area contributed by atoms with Gasteiger partial charge in [-0.3, -0.25) is 0 Å².